The molecule has 4 rings (SSSR count). The van der Waals surface area contributed by atoms with Crippen molar-refractivity contribution in [3.8, 4) is 11.5 Å². The molecule has 0 spiro atoms. The maximum Gasteiger partial charge on any atom is 0.277 e. The normalized spacial score (nSPS) is 26.1. The van der Waals surface area contributed by atoms with E-state index in [0.717, 1.165) is 21.9 Å². The first kappa shape index (κ1) is 19.0. The van der Waals surface area contributed by atoms with Crippen LogP contribution in [0.1, 0.15) is 39.5 Å². The van der Waals surface area contributed by atoms with E-state index < -0.39 is 0 Å². The number of nitrogens with one attached hydrogen (secondary N) is 1. The second kappa shape index (κ2) is 7.95. The van der Waals surface area contributed by atoms with Crippen molar-refractivity contribution < 1.29 is 9.21 Å². The van der Waals surface area contributed by atoms with Crippen molar-refractivity contribution in [1.29, 1.82) is 0 Å². The lowest BCUT2D eigenvalue weighted by Gasteiger charge is -2.29. The van der Waals surface area contributed by atoms with Crippen LogP contribution in [-0.4, -0.2) is 27.4 Å². The predicted octanol–water partition coefficient (Wildman–Crippen LogP) is 4.92. The Labute approximate surface area is 172 Å². The van der Waals surface area contributed by atoms with E-state index in [1.807, 2.05) is 31.2 Å². The van der Waals surface area contributed by atoms with Gasteiger partial charge in [-0.1, -0.05) is 30.3 Å². The van der Waals surface area contributed by atoms with Crippen LogP contribution >= 0.6 is 27.7 Å². The molecule has 2 bridgehead atoms. The summed E-state index contributed by atoms with van der Waals surface area (Å²) in [6.45, 7) is 4.04. The van der Waals surface area contributed by atoms with Gasteiger partial charge in [-0.25, -0.2) is 0 Å². The molecule has 1 aromatic carbocycles. The number of carbonyl (C=O) groups excluding carboxylic acids is 1. The van der Waals surface area contributed by atoms with Gasteiger partial charge in [-0.2, -0.15) is 0 Å². The van der Waals surface area contributed by atoms with Crippen LogP contribution in [0, 0.1) is 17.8 Å². The van der Waals surface area contributed by atoms with Gasteiger partial charge in [0.05, 0.1) is 10.8 Å². The highest BCUT2D eigenvalue weighted by molar-refractivity contribution is 9.10. The van der Waals surface area contributed by atoms with E-state index in [1.54, 1.807) is 0 Å². The van der Waals surface area contributed by atoms with Crippen LogP contribution in [0.25, 0.3) is 11.5 Å². The van der Waals surface area contributed by atoms with Crippen molar-refractivity contribution in [3.05, 3.63) is 28.7 Å². The van der Waals surface area contributed by atoms with Crippen LogP contribution in [0.15, 0.2) is 38.4 Å². The van der Waals surface area contributed by atoms with Gasteiger partial charge in [0.1, 0.15) is 0 Å². The molecule has 2 aliphatic carbocycles. The molecule has 1 aromatic heterocycles. The number of hydrogen-bond acceptors (Lipinski definition) is 5. The van der Waals surface area contributed by atoms with Crippen molar-refractivity contribution in [2.24, 2.45) is 17.8 Å². The summed E-state index contributed by atoms with van der Waals surface area (Å²) in [5.74, 6) is 2.82. The summed E-state index contributed by atoms with van der Waals surface area (Å²) in [4.78, 5) is 12.6. The van der Waals surface area contributed by atoms with Crippen molar-refractivity contribution in [2.45, 2.75) is 56.0 Å². The van der Waals surface area contributed by atoms with Crippen LogP contribution in [0.4, 0.5) is 0 Å². The largest absolute Gasteiger partial charge is 0.411 e. The Bertz CT molecular complexity index is 827. The van der Waals surface area contributed by atoms with Crippen LogP contribution in [0.3, 0.4) is 0 Å². The van der Waals surface area contributed by atoms with E-state index >= 15 is 0 Å². The number of hydrogen-bond donors (Lipinski definition) is 1. The molecule has 27 heavy (non-hydrogen) atoms. The van der Waals surface area contributed by atoms with Gasteiger partial charge < -0.3 is 9.73 Å². The fourth-order valence-corrected chi connectivity index (χ4v) is 5.71. The molecule has 0 radical (unpaired) electrons. The van der Waals surface area contributed by atoms with Gasteiger partial charge in [0.25, 0.3) is 5.22 Å². The fraction of sp³-hybridized carbons (Fsp3) is 0.550. The Morgan fingerprint density at radius 3 is 2.78 bits per heavy atom. The molecule has 1 amide bonds. The van der Waals surface area contributed by atoms with Gasteiger partial charge >= 0.3 is 0 Å². The third-order valence-corrected chi connectivity index (χ3v) is 7.59. The van der Waals surface area contributed by atoms with Gasteiger partial charge in [-0.3, -0.25) is 4.79 Å². The highest BCUT2D eigenvalue weighted by atomic mass is 79.9. The second-order valence-electron chi connectivity index (χ2n) is 7.75. The number of rotatable bonds is 6. The van der Waals surface area contributed by atoms with E-state index in [0.29, 0.717) is 17.0 Å². The van der Waals surface area contributed by atoms with Crippen molar-refractivity contribution in [2.75, 3.05) is 0 Å². The third-order valence-electron chi connectivity index (χ3n) is 5.96. The lowest BCUT2D eigenvalue weighted by atomic mass is 9.84. The monoisotopic (exact) mass is 449 g/mol. The molecule has 1 heterocycles. The first-order valence-corrected chi connectivity index (χ1v) is 11.2. The van der Waals surface area contributed by atoms with E-state index in [9.17, 15) is 4.79 Å². The first-order chi connectivity index (χ1) is 13.0. The van der Waals surface area contributed by atoms with Crippen molar-refractivity contribution in [3.63, 3.8) is 0 Å². The molecule has 7 heteroatoms. The van der Waals surface area contributed by atoms with Crippen LogP contribution in [-0.2, 0) is 4.79 Å². The lowest BCUT2D eigenvalue weighted by Crippen LogP contribution is -2.43. The van der Waals surface area contributed by atoms with Crippen molar-refractivity contribution >= 4 is 33.6 Å². The minimum Gasteiger partial charge on any atom is -0.411 e. The maximum atomic E-state index is 12.6. The minimum atomic E-state index is -0.279. The molecule has 0 saturated heterocycles. The molecular formula is C20H24BrN3O2S. The van der Waals surface area contributed by atoms with E-state index in [-0.39, 0.29) is 17.2 Å². The molecule has 1 N–H and O–H groups in total. The summed E-state index contributed by atoms with van der Waals surface area (Å²) < 4.78 is 6.65. The summed E-state index contributed by atoms with van der Waals surface area (Å²) >= 11 is 4.80. The summed E-state index contributed by atoms with van der Waals surface area (Å²) in [7, 11) is 0. The zero-order valence-corrected chi connectivity index (χ0v) is 17.9. The number of thioether (sulfide) groups is 1. The number of carbonyl (C=O) groups is 1. The average molecular weight is 450 g/mol. The van der Waals surface area contributed by atoms with Gasteiger partial charge in [0.2, 0.25) is 11.8 Å². The van der Waals surface area contributed by atoms with Crippen LogP contribution in [0.2, 0.25) is 0 Å². The van der Waals surface area contributed by atoms with Gasteiger partial charge in [-0.05, 0) is 78.9 Å². The highest BCUT2D eigenvalue weighted by Crippen LogP contribution is 2.49. The number of amides is 1. The summed E-state index contributed by atoms with van der Waals surface area (Å²) in [5, 5.41) is 11.6. The Hall–Kier alpha value is -1.34. The molecule has 5 nitrogen and oxygen atoms in total. The Kier molecular flexibility index (Phi) is 5.60. The standard InChI is InChI=1S/C20H24BrN3O2S/c1-11(16-10-13-7-8-14(16)9-13)22-18(25)12(2)27-20-24-23-19(26-20)15-5-3-4-6-17(15)21/h3-6,11-14,16H,7-10H2,1-2H3,(H,22,25). The Morgan fingerprint density at radius 2 is 2.07 bits per heavy atom. The maximum absolute atomic E-state index is 12.6. The molecule has 2 aliphatic rings. The van der Waals surface area contributed by atoms with Gasteiger partial charge in [0, 0.05) is 10.5 Å². The molecule has 144 valence electrons. The number of benzene rings is 1. The number of fused-ring (bicyclic) bond motifs is 2. The minimum absolute atomic E-state index is 0.0379. The summed E-state index contributed by atoms with van der Waals surface area (Å²) in [6.07, 6.45) is 5.34. The summed E-state index contributed by atoms with van der Waals surface area (Å²) in [6, 6.07) is 7.93. The molecule has 5 unspecified atom stereocenters. The second-order valence-corrected chi connectivity index (χ2v) is 9.90. The van der Waals surface area contributed by atoms with E-state index in [2.05, 4.69) is 38.4 Å². The van der Waals surface area contributed by atoms with Crippen molar-refractivity contribution in [1.82, 2.24) is 15.5 Å². The number of nitrogens with zero attached hydrogens (tertiary/aromatic N) is 2. The SMILES string of the molecule is CC(Sc1nnc(-c2ccccc2Br)o1)C(=O)NC(C)C1CC2CCC1C2. The third kappa shape index (κ3) is 4.09. The summed E-state index contributed by atoms with van der Waals surface area (Å²) in [5.41, 5.74) is 0.846. The zero-order chi connectivity index (χ0) is 19.0. The van der Waals surface area contributed by atoms with Crippen LogP contribution < -0.4 is 5.32 Å². The van der Waals surface area contributed by atoms with E-state index in [1.165, 1.54) is 37.4 Å². The fourth-order valence-electron chi connectivity index (χ4n) is 4.56. The number of halogens is 1. The molecule has 2 fully saturated rings. The Balaban J connectivity index is 1.34. The first-order valence-electron chi connectivity index (χ1n) is 9.56. The quantitative estimate of drug-likeness (QED) is 0.633. The molecule has 0 aliphatic heterocycles. The van der Waals surface area contributed by atoms with Gasteiger partial charge in [-0.15, -0.1) is 10.2 Å². The Morgan fingerprint density at radius 1 is 1.26 bits per heavy atom. The van der Waals surface area contributed by atoms with Gasteiger partial charge in [0.15, 0.2) is 0 Å². The number of aromatic nitrogens is 2. The zero-order valence-electron chi connectivity index (χ0n) is 15.5. The molecule has 2 aromatic rings. The molecular weight excluding hydrogens is 426 g/mol. The predicted molar refractivity (Wildman–Crippen MR) is 109 cm³/mol. The molecule has 2 saturated carbocycles. The van der Waals surface area contributed by atoms with E-state index in [4.69, 9.17) is 4.42 Å². The smallest absolute Gasteiger partial charge is 0.277 e. The topological polar surface area (TPSA) is 68.0 Å². The highest BCUT2D eigenvalue weighted by Gasteiger charge is 2.42. The molecule has 5 atom stereocenters. The average Bonchev–Trinajstić information content (AvgIpc) is 3.38. The lowest BCUT2D eigenvalue weighted by molar-refractivity contribution is -0.121. The van der Waals surface area contributed by atoms with Crippen LogP contribution in [0.5, 0.6) is 0 Å².